The molecule has 0 bridgehead atoms. The Labute approximate surface area is 627 Å². The van der Waals surface area contributed by atoms with Gasteiger partial charge in [-0.05, 0) is 19.3 Å². The largest absolute Gasteiger partial charge is 0.481 e. The number of phosphoric acid groups is 4. The lowest BCUT2D eigenvalue weighted by molar-refractivity contribution is -0.229. The predicted octanol–water partition coefficient (Wildman–Crippen LogP) is 13.2. The lowest BCUT2D eigenvalue weighted by Gasteiger charge is -2.48. The molecular formula is C66H116O37P4. The molecule has 1 rings (SSSR count). The third kappa shape index (κ3) is 50.6. The Bertz CT molecular complexity index is 2720. The lowest BCUT2D eigenvalue weighted by atomic mass is 9.85. The molecule has 1 aliphatic rings. The van der Waals surface area contributed by atoms with Crippen LogP contribution in [-0.4, -0.2) is 168 Å². The predicted molar refractivity (Wildman–Crippen MR) is 372 cm³/mol. The standard InChI is InChI=1S/C66H116O37P4/c1-11-14-16-18-20-22-24-26-28-30-32-34-36-39-58(74)82-41-57(98-60(76)40-37-35-33-31-29-27-25-23-21-19-17-15-12-2)42-90-104(78,91-43-83-50(4)67)100-62-61(77)63(101-105(79,92-44-84-51(5)68)93-45-85-52(6)69)65(102-106(80,94-46-86-53(7)70)95-47-87-54(8)71)66(64(62)99-59(75)38-13-3)103-107(81,96-48-88-55(9)72)97-49-89-56(10)73/h57,61-66,77H,11-49H2,1-10H3/t57?,61-,62+,63-,64-,65+,66+,104?/m0/s1. The molecule has 0 heterocycles. The van der Waals surface area contributed by atoms with Gasteiger partial charge in [0.25, 0.3) is 0 Å². The van der Waals surface area contributed by atoms with Gasteiger partial charge in [0.2, 0.25) is 47.6 Å². The molecule has 0 aromatic rings. The molecule has 622 valence electrons. The van der Waals surface area contributed by atoms with Gasteiger partial charge in [0.1, 0.15) is 37.1 Å². The lowest BCUT2D eigenvalue weighted by Crippen LogP contribution is -2.66. The van der Waals surface area contributed by atoms with Crippen molar-refractivity contribution in [2.45, 2.75) is 305 Å². The zero-order valence-corrected chi connectivity index (χ0v) is 67.1. The molecule has 1 fully saturated rings. The van der Waals surface area contributed by atoms with E-state index in [0.717, 1.165) is 119 Å². The number of rotatable bonds is 66. The Balaban J connectivity index is 4.37. The molecule has 0 aromatic heterocycles. The number of hydrogen-bond donors (Lipinski definition) is 1. The van der Waals surface area contributed by atoms with E-state index in [1.807, 2.05) is 0 Å². The van der Waals surface area contributed by atoms with Crippen LogP contribution in [0.5, 0.6) is 0 Å². The van der Waals surface area contributed by atoms with Crippen LogP contribution in [-0.2, 0) is 168 Å². The molecular weight excluding hydrogens is 1510 g/mol. The summed E-state index contributed by atoms with van der Waals surface area (Å²) >= 11 is 0. The highest BCUT2D eigenvalue weighted by molar-refractivity contribution is 7.49. The fraction of sp³-hybridized carbons (Fsp3) is 0.848. The van der Waals surface area contributed by atoms with Crippen LogP contribution in [0.25, 0.3) is 0 Å². The molecule has 1 N–H and O–H groups in total. The van der Waals surface area contributed by atoms with E-state index in [9.17, 15) is 53.1 Å². The fourth-order valence-electron chi connectivity index (χ4n) is 9.74. The van der Waals surface area contributed by atoms with Crippen molar-refractivity contribution in [2.75, 3.05) is 60.8 Å². The number of aliphatic hydroxyl groups is 1. The van der Waals surface area contributed by atoms with Gasteiger partial charge in [-0.2, -0.15) is 0 Å². The highest BCUT2D eigenvalue weighted by Gasteiger charge is 2.63. The molecule has 41 heteroatoms. The maximum absolute atomic E-state index is 15.7. The topological polar surface area (TPSA) is 462 Å². The van der Waals surface area contributed by atoms with Crippen molar-refractivity contribution < 1.29 is 173 Å². The summed E-state index contributed by atoms with van der Waals surface area (Å²) in [6, 6.07) is 0. The van der Waals surface area contributed by atoms with Crippen molar-refractivity contribution in [2.24, 2.45) is 0 Å². The van der Waals surface area contributed by atoms with E-state index in [2.05, 4.69) is 13.8 Å². The third-order valence-electron chi connectivity index (χ3n) is 15.1. The first kappa shape index (κ1) is 100. The molecule has 8 atom stereocenters. The van der Waals surface area contributed by atoms with Gasteiger partial charge in [-0.15, -0.1) is 0 Å². The average molecular weight is 1630 g/mol. The summed E-state index contributed by atoms with van der Waals surface area (Å²) in [6.07, 6.45) is 6.29. The Morgan fingerprint density at radius 3 is 0.822 bits per heavy atom. The second-order valence-electron chi connectivity index (χ2n) is 24.5. The third-order valence-corrected chi connectivity index (χ3v) is 20.5. The zero-order valence-electron chi connectivity index (χ0n) is 63.6. The normalized spacial score (nSPS) is 17.5. The Kier molecular flexibility index (Phi) is 55.1. The van der Waals surface area contributed by atoms with Gasteiger partial charge >= 0.3 is 91.0 Å². The van der Waals surface area contributed by atoms with E-state index >= 15 is 18.3 Å². The molecule has 0 amide bonds. The van der Waals surface area contributed by atoms with Crippen molar-refractivity contribution in [1.29, 1.82) is 0 Å². The van der Waals surface area contributed by atoms with E-state index in [0.29, 0.717) is 25.7 Å². The number of carbonyl (C=O) groups is 10. The molecule has 0 aromatic carbocycles. The first-order valence-corrected chi connectivity index (χ1v) is 42.1. The number of hydrogen-bond acceptors (Lipinski definition) is 37. The van der Waals surface area contributed by atoms with Crippen molar-refractivity contribution in [3.05, 3.63) is 0 Å². The molecule has 37 nitrogen and oxygen atoms in total. The van der Waals surface area contributed by atoms with Crippen LogP contribution in [0.15, 0.2) is 0 Å². The minimum absolute atomic E-state index is 0.0701. The molecule has 1 saturated carbocycles. The molecule has 0 saturated heterocycles. The first-order valence-electron chi connectivity index (χ1n) is 36.3. The van der Waals surface area contributed by atoms with E-state index < -0.39 is 201 Å². The molecule has 2 unspecified atom stereocenters. The summed E-state index contributed by atoms with van der Waals surface area (Å²) in [7, 11) is -23.5. The van der Waals surface area contributed by atoms with Gasteiger partial charge in [-0.1, -0.05) is 175 Å². The van der Waals surface area contributed by atoms with Crippen molar-refractivity contribution in [3.63, 3.8) is 0 Å². The monoisotopic (exact) mass is 1620 g/mol. The van der Waals surface area contributed by atoms with E-state index in [-0.39, 0.29) is 19.3 Å². The summed E-state index contributed by atoms with van der Waals surface area (Å²) in [4.78, 5) is 126. The van der Waals surface area contributed by atoms with Gasteiger partial charge in [-0.3, -0.25) is 70.6 Å². The Hall–Kier alpha value is -4.90. The smallest absolute Gasteiger partial charge is 0.462 e. The molecule has 0 spiro atoms. The number of aliphatic hydroxyl groups excluding tert-OH is 1. The van der Waals surface area contributed by atoms with Gasteiger partial charge in [0, 0.05) is 67.7 Å². The SMILES string of the molecule is CCCCCCCCCCCCCCCC(=O)OCC(COP(=O)(OCOC(C)=O)O[C@@H]1[C@H](O)[C@H](OP(=O)(OCOC(C)=O)OCOC(C)=O)[C@@H](OP(=O)(OCOC(C)=O)OCOC(C)=O)[C@H](OP(=O)(OCOC(C)=O)OCOC(C)=O)[C@H]1OC(=O)CCC)OC(=O)CCCCCCCCCCCCCCC. The minimum Gasteiger partial charge on any atom is -0.462 e. The van der Waals surface area contributed by atoms with Crippen molar-refractivity contribution in [3.8, 4) is 0 Å². The van der Waals surface area contributed by atoms with Gasteiger partial charge < -0.3 is 52.5 Å². The Morgan fingerprint density at radius 1 is 0.280 bits per heavy atom. The summed E-state index contributed by atoms with van der Waals surface area (Å²) in [6.45, 7) is 0.108. The van der Waals surface area contributed by atoms with Gasteiger partial charge in [0.05, 0.1) is 6.61 Å². The van der Waals surface area contributed by atoms with Crippen LogP contribution in [0.4, 0.5) is 0 Å². The highest BCUT2D eigenvalue weighted by Crippen LogP contribution is 2.61. The van der Waals surface area contributed by atoms with E-state index in [1.165, 1.54) is 77.6 Å². The van der Waals surface area contributed by atoms with Gasteiger partial charge in [-0.25, -0.2) is 49.9 Å². The number of phosphoric ester groups is 4. The van der Waals surface area contributed by atoms with Crippen LogP contribution < -0.4 is 0 Å². The van der Waals surface area contributed by atoms with Crippen LogP contribution in [0, 0.1) is 0 Å². The Morgan fingerprint density at radius 2 is 0.533 bits per heavy atom. The van der Waals surface area contributed by atoms with E-state index in [1.54, 1.807) is 0 Å². The molecule has 0 radical (unpaired) electrons. The van der Waals surface area contributed by atoms with Crippen LogP contribution >= 0.6 is 31.3 Å². The number of esters is 10. The van der Waals surface area contributed by atoms with Crippen molar-refractivity contribution in [1.82, 2.24) is 0 Å². The second-order valence-corrected chi connectivity index (χ2v) is 31.0. The van der Waals surface area contributed by atoms with E-state index in [4.69, 9.17) is 102 Å². The molecule has 107 heavy (non-hydrogen) atoms. The fourth-order valence-corrected chi connectivity index (χ4v) is 14.3. The summed E-state index contributed by atoms with van der Waals surface area (Å²) in [5.41, 5.74) is 0. The molecule has 1 aliphatic carbocycles. The summed E-state index contributed by atoms with van der Waals surface area (Å²) in [5, 5.41) is 13.0. The maximum atomic E-state index is 15.7. The average Bonchev–Trinajstić information content (AvgIpc) is 0.746. The van der Waals surface area contributed by atoms with Crippen LogP contribution in [0.3, 0.4) is 0 Å². The second kappa shape index (κ2) is 58.9. The summed E-state index contributed by atoms with van der Waals surface area (Å²) < 4.78 is 178. The summed E-state index contributed by atoms with van der Waals surface area (Å²) in [5.74, 6) is -10.7. The quantitative estimate of drug-likeness (QED) is 0.0194. The highest BCUT2D eigenvalue weighted by atomic mass is 31.2. The van der Waals surface area contributed by atoms with Gasteiger partial charge in [0.15, 0.2) is 12.2 Å². The number of unbranched alkanes of at least 4 members (excludes halogenated alkanes) is 24. The number of carbonyl (C=O) groups excluding carboxylic acids is 10. The minimum atomic E-state index is -5.90. The first-order chi connectivity index (χ1) is 50.8. The number of ether oxygens (including phenoxy) is 10. The van der Waals surface area contributed by atoms with Crippen LogP contribution in [0.1, 0.15) is 262 Å². The van der Waals surface area contributed by atoms with Crippen molar-refractivity contribution >= 4 is 91.0 Å². The molecule has 0 aliphatic heterocycles. The van der Waals surface area contributed by atoms with Crippen LogP contribution in [0.2, 0.25) is 0 Å². The maximum Gasteiger partial charge on any atom is 0.481 e. The zero-order chi connectivity index (χ0) is 79.9.